The summed E-state index contributed by atoms with van der Waals surface area (Å²) in [6.07, 6.45) is 0.0196. The van der Waals surface area contributed by atoms with Gasteiger partial charge in [0.2, 0.25) is 11.7 Å². The minimum atomic E-state index is -4.57. The number of halogens is 4. The van der Waals surface area contributed by atoms with Crippen LogP contribution in [0.1, 0.15) is 67.0 Å². The maximum atomic E-state index is 14.3. The van der Waals surface area contributed by atoms with Gasteiger partial charge in [0, 0.05) is 16.7 Å². The second-order valence-electron chi connectivity index (χ2n) is 12.1. The van der Waals surface area contributed by atoms with E-state index in [9.17, 15) is 22.8 Å². The van der Waals surface area contributed by atoms with E-state index in [2.05, 4.69) is 35.9 Å². The summed E-state index contributed by atoms with van der Waals surface area (Å²) in [4.78, 5) is 34.8. The fourth-order valence-electron chi connectivity index (χ4n) is 7.07. The van der Waals surface area contributed by atoms with Crippen molar-refractivity contribution < 1.29 is 22.7 Å². The van der Waals surface area contributed by atoms with Crippen molar-refractivity contribution in [2.24, 2.45) is 0 Å². The van der Waals surface area contributed by atoms with E-state index >= 15 is 0 Å². The summed E-state index contributed by atoms with van der Waals surface area (Å²) in [5.41, 5.74) is 0.634. The summed E-state index contributed by atoms with van der Waals surface area (Å²) >= 11 is 6.14. The van der Waals surface area contributed by atoms with Crippen LogP contribution in [0.3, 0.4) is 0 Å². The second-order valence-corrected chi connectivity index (χ2v) is 12.5. The number of nitrogens with one attached hydrogen (secondary N) is 2. The molecule has 1 spiro atoms. The molecule has 1 amide bonds. The first-order valence-electron chi connectivity index (χ1n) is 14.9. The lowest BCUT2D eigenvalue weighted by Gasteiger charge is -2.39. The molecule has 13 nitrogen and oxygen atoms in total. The van der Waals surface area contributed by atoms with Crippen molar-refractivity contribution in [3.63, 3.8) is 0 Å². The fraction of sp³-hybridized carbons (Fsp3) is 0.483. The monoisotopic (exact) mass is 658 g/mol. The van der Waals surface area contributed by atoms with Gasteiger partial charge in [0.25, 0.3) is 5.56 Å². The number of aromatic nitrogens is 8. The number of hydrogen-bond donors (Lipinski definition) is 2. The minimum Gasteiger partial charge on any atom is -0.377 e. The number of likely N-dealkylation sites (tertiary alicyclic amines) is 1. The lowest BCUT2D eigenvalue weighted by molar-refractivity contribution is -0.137. The second kappa shape index (κ2) is 11.6. The van der Waals surface area contributed by atoms with E-state index in [0.29, 0.717) is 75.7 Å². The Kier molecular flexibility index (Phi) is 7.68. The quantitative estimate of drug-likeness (QED) is 0.317. The van der Waals surface area contributed by atoms with E-state index in [4.69, 9.17) is 21.3 Å². The standard InChI is InChI=1S/C29H30ClF3N10O3/c1-16-13-28(6-8-41(9-7-28)14-21-36-39-40-37-21)23-24(16)42(15-22(44)34-20-3-2-18(12-19(20)30)29(31,32)33)27-35-25(38-43(27)26(23)45)17-4-10-46-11-5-17/h2-4,12,16H,5-11,13-15H2,1H3,(H,34,44)(H,36,37,39,40). The molecule has 0 radical (unpaired) electrons. The van der Waals surface area contributed by atoms with Gasteiger partial charge in [-0.1, -0.05) is 24.6 Å². The van der Waals surface area contributed by atoms with Crippen molar-refractivity contribution >= 4 is 34.5 Å². The molecule has 1 atom stereocenters. The lowest BCUT2D eigenvalue weighted by atomic mass is 9.74. The Balaban J connectivity index is 1.26. The number of nitrogens with zero attached hydrogens (tertiary/aromatic N) is 8. The van der Waals surface area contributed by atoms with Crippen LogP contribution < -0.4 is 10.9 Å². The molecule has 1 fully saturated rings. The first kappa shape index (κ1) is 30.5. The third-order valence-corrected chi connectivity index (χ3v) is 9.49. The molecule has 1 saturated heterocycles. The Hall–Kier alpha value is -4.15. The number of hydrogen-bond acceptors (Lipinski definition) is 9. The van der Waals surface area contributed by atoms with E-state index in [-0.39, 0.29) is 34.5 Å². The van der Waals surface area contributed by atoms with Crippen LogP contribution in [0.15, 0.2) is 29.1 Å². The van der Waals surface area contributed by atoms with Gasteiger partial charge < -0.3 is 14.6 Å². The molecule has 3 aromatic heterocycles. The molecule has 1 aliphatic carbocycles. The van der Waals surface area contributed by atoms with E-state index in [1.54, 1.807) is 4.57 Å². The van der Waals surface area contributed by atoms with E-state index in [1.807, 2.05) is 13.0 Å². The van der Waals surface area contributed by atoms with Crippen molar-refractivity contribution in [3.8, 4) is 0 Å². The average molecular weight is 659 g/mol. The summed E-state index contributed by atoms with van der Waals surface area (Å²) in [6.45, 7) is 4.68. The Morgan fingerprint density at radius 2 is 2.07 bits per heavy atom. The summed E-state index contributed by atoms with van der Waals surface area (Å²) < 4.78 is 48.0. The number of H-pyrrole nitrogens is 1. The highest BCUT2D eigenvalue weighted by Gasteiger charge is 2.48. The van der Waals surface area contributed by atoms with Crippen molar-refractivity contribution in [2.75, 3.05) is 31.6 Å². The summed E-state index contributed by atoms with van der Waals surface area (Å²) in [7, 11) is 0. The molecule has 242 valence electrons. The van der Waals surface area contributed by atoms with Gasteiger partial charge in [-0.2, -0.15) is 22.7 Å². The van der Waals surface area contributed by atoms with Crippen LogP contribution in [-0.2, 0) is 34.2 Å². The van der Waals surface area contributed by atoms with Gasteiger partial charge in [-0.3, -0.25) is 14.5 Å². The number of aromatic amines is 1. The highest BCUT2D eigenvalue weighted by Crippen LogP contribution is 2.50. The number of ether oxygens (including phenoxy) is 1. The molecule has 2 N–H and O–H groups in total. The van der Waals surface area contributed by atoms with Gasteiger partial charge in [-0.05, 0) is 78.9 Å². The molecule has 3 aliphatic rings. The zero-order valence-electron chi connectivity index (χ0n) is 24.8. The third kappa shape index (κ3) is 5.47. The molecule has 46 heavy (non-hydrogen) atoms. The summed E-state index contributed by atoms with van der Waals surface area (Å²) in [6, 6.07) is 2.76. The van der Waals surface area contributed by atoms with E-state index in [0.717, 1.165) is 29.5 Å². The van der Waals surface area contributed by atoms with Gasteiger partial charge in [0.05, 0.1) is 36.0 Å². The highest BCUT2D eigenvalue weighted by molar-refractivity contribution is 6.33. The van der Waals surface area contributed by atoms with Crippen LogP contribution in [0.5, 0.6) is 0 Å². The number of benzene rings is 1. The van der Waals surface area contributed by atoms with E-state index < -0.39 is 23.1 Å². The maximum absolute atomic E-state index is 14.3. The highest BCUT2D eigenvalue weighted by atomic mass is 35.5. The SMILES string of the molecule is CC1CC2(CCN(Cc3nnn[nH]3)CC2)c2c1n(CC(=O)Nc1ccc(C(F)(F)F)cc1Cl)c1nc(C3=CCOCC3)nn1c2=O. The Labute approximate surface area is 264 Å². The molecular weight excluding hydrogens is 629 g/mol. The number of anilines is 1. The van der Waals surface area contributed by atoms with Crippen LogP contribution in [0.25, 0.3) is 11.4 Å². The van der Waals surface area contributed by atoms with Crippen molar-refractivity contribution in [1.82, 2.24) is 44.7 Å². The Morgan fingerprint density at radius 1 is 1.26 bits per heavy atom. The number of alkyl halides is 3. The van der Waals surface area contributed by atoms with E-state index in [1.165, 1.54) is 4.52 Å². The molecule has 4 aromatic rings. The fourth-order valence-corrected chi connectivity index (χ4v) is 7.30. The van der Waals surface area contributed by atoms with Crippen LogP contribution >= 0.6 is 11.6 Å². The first-order chi connectivity index (χ1) is 22.0. The van der Waals surface area contributed by atoms with Crippen molar-refractivity contribution in [1.29, 1.82) is 0 Å². The number of piperidine rings is 1. The number of tetrazole rings is 1. The molecule has 5 heterocycles. The van der Waals surface area contributed by atoms with Crippen molar-refractivity contribution in [3.05, 3.63) is 68.1 Å². The zero-order chi connectivity index (χ0) is 32.2. The molecule has 0 saturated carbocycles. The summed E-state index contributed by atoms with van der Waals surface area (Å²) in [5, 5.41) is 21.1. The normalized spacial score (nSPS) is 19.8. The minimum absolute atomic E-state index is 0.0433. The molecule has 0 bridgehead atoms. The topological polar surface area (TPSA) is 148 Å². The largest absolute Gasteiger partial charge is 0.416 e. The molecular formula is C29H30ClF3N10O3. The Bertz CT molecular complexity index is 1890. The average Bonchev–Trinajstić information content (AvgIpc) is 3.76. The number of carbonyl (C=O) groups is 1. The first-order valence-corrected chi connectivity index (χ1v) is 15.3. The van der Waals surface area contributed by atoms with Crippen LogP contribution in [-0.4, -0.2) is 76.9 Å². The predicted molar refractivity (Wildman–Crippen MR) is 159 cm³/mol. The maximum Gasteiger partial charge on any atom is 0.416 e. The molecule has 1 unspecified atom stereocenters. The zero-order valence-corrected chi connectivity index (χ0v) is 25.5. The van der Waals surface area contributed by atoms with Crippen LogP contribution in [0.4, 0.5) is 18.9 Å². The van der Waals surface area contributed by atoms with Gasteiger partial charge in [-0.25, -0.2) is 5.10 Å². The van der Waals surface area contributed by atoms with Crippen molar-refractivity contribution in [2.45, 2.75) is 63.2 Å². The smallest absolute Gasteiger partial charge is 0.377 e. The number of fused-ring (bicyclic) bond motifs is 3. The van der Waals surface area contributed by atoms with Crippen LogP contribution in [0.2, 0.25) is 5.02 Å². The van der Waals surface area contributed by atoms with Gasteiger partial charge in [-0.15, -0.1) is 10.2 Å². The van der Waals surface area contributed by atoms with Crippen LogP contribution in [0, 0.1) is 0 Å². The third-order valence-electron chi connectivity index (χ3n) is 9.18. The predicted octanol–water partition coefficient (Wildman–Crippen LogP) is 3.56. The van der Waals surface area contributed by atoms with Gasteiger partial charge in [0.15, 0.2) is 11.6 Å². The molecule has 7 rings (SSSR count). The number of carbonyl (C=O) groups excluding carboxylic acids is 1. The summed E-state index contributed by atoms with van der Waals surface area (Å²) in [5.74, 6) is 0.660. The number of rotatable bonds is 6. The van der Waals surface area contributed by atoms with Gasteiger partial charge >= 0.3 is 6.18 Å². The molecule has 1 aromatic carbocycles. The lowest BCUT2D eigenvalue weighted by Crippen LogP contribution is -2.44. The molecule has 17 heteroatoms. The molecule has 2 aliphatic heterocycles. The Morgan fingerprint density at radius 3 is 2.74 bits per heavy atom. The number of amides is 1. The van der Waals surface area contributed by atoms with Gasteiger partial charge in [0.1, 0.15) is 6.54 Å².